The lowest BCUT2D eigenvalue weighted by Crippen LogP contribution is -2.32. The van der Waals surface area contributed by atoms with Crippen LogP contribution in [-0.2, 0) is 13.0 Å². The van der Waals surface area contributed by atoms with Crippen molar-refractivity contribution in [2.75, 3.05) is 6.54 Å². The van der Waals surface area contributed by atoms with Gasteiger partial charge in [-0.25, -0.2) is 4.98 Å². The zero-order chi connectivity index (χ0) is 16.7. The number of nitrogens with zero attached hydrogens (tertiary/aromatic N) is 5. The average molecular weight is 345 g/mol. The number of aryl methyl sites for hydroxylation is 3. The molecule has 0 radical (unpaired) electrons. The fourth-order valence-electron chi connectivity index (χ4n) is 3.89. The third-order valence-electron chi connectivity index (χ3n) is 5.05. The van der Waals surface area contributed by atoms with E-state index < -0.39 is 0 Å². The predicted octanol–water partition coefficient (Wildman–Crippen LogP) is 3.06. The van der Waals surface area contributed by atoms with Crippen molar-refractivity contribution in [3.8, 4) is 0 Å². The number of carbonyl (C=O) groups is 1. The van der Waals surface area contributed by atoms with Crippen molar-refractivity contribution in [3.05, 3.63) is 27.2 Å². The van der Waals surface area contributed by atoms with Crippen LogP contribution in [0.15, 0.2) is 0 Å². The third-order valence-corrected chi connectivity index (χ3v) is 6.11. The molecule has 0 N–H and O–H groups in total. The van der Waals surface area contributed by atoms with E-state index in [1.54, 1.807) is 0 Å². The molecule has 2 aliphatic heterocycles. The van der Waals surface area contributed by atoms with Gasteiger partial charge in [0.15, 0.2) is 5.82 Å². The molecule has 4 rings (SSSR count). The van der Waals surface area contributed by atoms with Crippen LogP contribution >= 0.6 is 11.3 Å². The van der Waals surface area contributed by atoms with Crippen LogP contribution in [0.25, 0.3) is 0 Å². The molecule has 6 nitrogen and oxygen atoms in total. The molecule has 0 saturated carbocycles. The highest BCUT2D eigenvalue weighted by atomic mass is 32.1. The Morgan fingerprint density at radius 2 is 2.00 bits per heavy atom. The number of hydrogen-bond acceptors (Lipinski definition) is 5. The van der Waals surface area contributed by atoms with Crippen LogP contribution in [0.4, 0.5) is 0 Å². The first kappa shape index (κ1) is 15.7. The number of carbonyl (C=O) groups excluding carboxylic acids is 1. The van der Waals surface area contributed by atoms with E-state index in [0.29, 0.717) is 0 Å². The molecule has 2 aromatic rings. The first-order valence-corrected chi connectivity index (χ1v) is 9.64. The Balaban J connectivity index is 1.65. The topological polar surface area (TPSA) is 63.9 Å². The second kappa shape index (κ2) is 6.27. The molecule has 0 unspecified atom stereocenters. The first-order chi connectivity index (χ1) is 11.6. The van der Waals surface area contributed by atoms with Gasteiger partial charge in [0, 0.05) is 19.5 Å². The molecule has 2 aliphatic rings. The Bertz CT molecular complexity index is 765. The molecule has 0 spiro atoms. The van der Waals surface area contributed by atoms with E-state index in [2.05, 4.69) is 19.7 Å². The van der Waals surface area contributed by atoms with Gasteiger partial charge in [-0.3, -0.25) is 4.79 Å². The minimum Gasteiger partial charge on any atom is -0.328 e. The highest BCUT2D eigenvalue weighted by molar-refractivity contribution is 7.13. The van der Waals surface area contributed by atoms with Crippen LogP contribution in [0.1, 0.15) is 70.2 Å². The second-order valence-electron chi connectivity index (χ2n) is 6.74. The molecule has 4 heterocycles. The molecule has 0 aromatic carbocycles. The van der Waals surface area contributed by atoms with E-state index in [4.69, 9.17) is 0 Å². The third kappa shape index (κ3) is 2.64. The monoisotopic (exact) mass is 345 g/mol. The number of aromatic nitrogens is 4. The van der Waals surface area contributed by atoms with E-state index in [-0.39, 0.29) is 11.9 Å². The second-order valence-corrected chi connectivity index (χ2v) is 7.94. The van der Waals surface area contributed by atoms with Gasteiger partial charge >= 0.3 is 0 Å². The number of fused-ring (bicyclic) bond motifs is 1. The van der Waals surface area contributed by atoms with Gasteiger partial charge in [-0.15, -0.1) is 21.5 Å². The Kier molecular flexibility index (Phi) is 4.12. The molecule has 128 valence electrons. The zero-order valence-corrected chi connectivity index (χ0v) is 15.1. The van der Waals surface area contributed by atoms with Crippen LogP contribution in [0.5, 0.6) is 0 Å². The van der Waals surface area contributed by atoms with Crippen molar-refractivity contribution in [2.45, 2.75) is 65.0 Å². The minimum atomic E-state index is 0.0543. The summed E-state index contributed by atoms with van der Waals surface area (Å²) in [6.07, 6.45) is 6.60. The summed E-state index contributed by atoms with van der Waals surface area (Å²) in [7, 11) is 0. The molecule has 2 aromatic heterocycles. The molecule has 0 aliphatic carbocycles. The summed E-state index contributed by atoms with van der Waals surface area (Å²) in [6, 6.07) is 0.0543. The number of amides is 1. The summed E-state index contributed by atoms with van der Waals surface area (Å²) in [5, 5.41) is 9.84. The normalized spacial score (nSPS) is 20.9. The van der Waals surface area contributed by atoms with Crippen molar-refractivity contribution >= 4 is 17.2 Å². The maximum atomic E-state index is 13.1. The van der Waals surface area contributed by atoms with Gasteiger partial charge in [0.1, 0.15) is 10.7 Å². The molecule has 24 heavy (non-hydrogen) atoms. The molecular weight excluding hydrogens is 322 g/mol. The van der Waals surface area contributed by atoms with E-state index in [9.17, 15) is 4.79 Å². The lowest BCUT2D eigenvalue weighted by molar-refractivity contribution is 0.0731. The molecule has 0 bridgehead atoms. The molecule has 1 atom stereocenters. The summed E-state index contributed by atoms with van der Waals surface area (Å²) in [5.74, 6) is 2.18. The Labute approximate surface area is 145 Å². The maximum absolute atomic E-state index is 13.1. The average Bonchev–Trinajstić information content (AvgIpc) is 3.22. The van der Waals surface area contributed by atoms with Gasteiger partial charge in [-0.1, -0.05) is 6.42 Å². The van der Waals surface area contributed by atoms with Gasteiger partial charge in [0.05, 0.1) is 16.7 Å². The number of likely N-dealkylation sites (tertiary alicyclic amines) is 1. The van der Waals surface area contributed by atoms with Crippen molar-refractivity contribution < 1.29 is 4.79 Å². The molecule has 1 fully saturated rings. The van der Waals surface area contributed by atoms with Crippen LogP contribution in [-0.4, -0.2) is 37.1 Å². The standard InChI is InChI=1S/C17H23N5OS/c1-11-15(24-12(2)18-11)17(23)21-10-6-7-13(21)16-20-19-14-8-4-3-5-9-22(14)16/h13H,3-10H2,1-2H3/t13-/m1/s1. The Morgan fingerprint density at radius 1 is 1.12 bits per heavy atom. The number of thiazole rings is 1. The van der Waals surface area contributed by atoms with Gasteiger partial charge in [-0.2, -0.15) is 0 Å². The van der Waals surface area contributed by atoms with E-state index >= 15 is 0 Å². The lowest BCUT2D eigenvalue weighted by atomic mass is 10.2. The molecular formula is C17H23N5OS. The quantitative estimate of drug-likeness (QED) is 0.839. The Hall–Kier alpha value is -1.76. The molecule has 7 heteroatoms. The van der Waals surface area contributed by atoms with Gasteiger partial charge in [0.25, 0.3) is 5.91 Å². The van der Waals surface area contributed by atoms with Gasteiger partial charge < -0.3 is 9.47 Å². The summed E-state index contributed by atoms with van der Waals surface area (Å²) in [6.45, 7) is 5.65. The minimum absolute atomic E-state index is 0.0543. The van der Waals surface area contributed by atoms with Gasteiger partial charge in [0.2, 0.25) is 0 Å². The highest BCUT2D eigenvalue weighted by Gasteiger charge is 2.36. The van der Waals surface area contributed by atoms with Crippen molar-refractivity contribution in [2.24, 2.45) is 0 Å². The molecule has 1 amide bonds. The predicted molar refractivity (Wildman–Crippen MR) is 92.2 cm³/mol. The van der Waals surface area contributed by atoms with Crippen LogP contribution in [0, 0.1) is 13.8 Å². The number of rotatable bonds is 2. The summed E-state index contributed by atoms with van der Waals surface area (Å²) >= 11 is 1.50. The fourth-order valence-corrected chi connectivity index (χ4v) is 4.77. The molecule has 1 saturated heterocycles. The first-order valence-electron chi connectivity index (χ1n) is 8.82. The van der Waals surface area contributed by atoms with Crippen molar-refractivity contribution in [1.82, 2.24) is 24.6 Å². The van der Waals surface area contributed by atoms with Crippen molar-refractivity contribution in [1.29, 1.82) is 0 Å². The van der Waals surface area contributed by atoms with Crippen LogP contribution in [0.3, 0.4) is 0 Å². The zero-order valence-electron chi connectivity index (χ0n) is 14.3. The summed E-state index contributed by atoms with van der Waals surface area (Å²) in [4.78, 5) is 20.2. The largest absolute Gasteiger partial charge is 0.328 e. The van der Waals surface area contributed by atoms with E-state index in [1.165, 1.54) is 30.6 Å². The lowest BCUT2D eigenvalue weighted by Gasteiger charge is -2.24. The van der Waals surface area contributed by atoms with E-state index in [0.717, 1.165) is 59.6 Å². The van der Waals surface area contributed by atoms with Crippen molar-refractivity contribution in [3.63, 3.8) is 0 Å². The van der Waals surface area contributed by atoms with E-state index in [1.807, 2.05) is 18.7 Å². The highest BCUT2D eigenvalue weighted by Crippen LogP contribution is 2.34. The Morgan fingerprint density at radius 3 is 2.79 bits per heavy atom. The number of hydrogen-bond donors (Lipinski definition) is 0. The van der Waals surface area contributed by atoms with Gasteiger partial charge in [-0.05, 0) is 39.5 Å². The smallest absolute Gasteiger partial charge is 0.266 e. The fraction of sp³-hybridized carbons (Fsp3) is 0.647. The SMILES string of the molecule is Cc1nc(C)c(C(=O)N2CCC[C@@H]2c2nnc3n2CCCCC3)s1. The van der Waals surface area contributed by atoms with Crippen LogP contribution < -0.4 is 0 Å². The summed E-state index contributed by atoms with van der Waals surface area (Å²) < 4.78 is 2.27. The summed E-state index contributed by atoms with van der Waals surface area (Å²) in [5.41, 5.74) is 0.841. The van der Waals surface area contributed by atoms with Crippen LogP contribution in [0.2, 0.25) is 0 Å². The maximum Gasteiger partial charge on any atom is 0.266 e.